The summed E-state index contributed by atoms with van der Waals surface area (Å²) < 4.78 is 5.79. The second kappa shape index (κ2) is 4.72. The van der Waals surface area contributed by atoms with Crippen molar-refractivity contribution in [2.24, 2.45) is 0 Å². The fourth-order valence-corrected chi connectivity index (χ4v) is 2.04. The summed E-state index contributed by atoms with van der Waals surface area (Å²) in [5.74, 6) is 2.14. The number of para-hydroxylation sites is 1. The first-order valence-corrected chi connectivity index (χ1v) is 6.35. The number of aryl methyl sites for hydroxylation is 1. The van der Waals surface area contributed by atoms with E-state index in [1.54, 1.807) is 0 Å². The van der Waals surface area contributed by atoms with Crippen LogP contribution in [-0.2, 0) is 0 Å². The Kier molecular flexibility index (Phi) is 2.91. The third-order valence-electron chi connectivity index (χ3n) is 2.86. The van der Waals surface area contributed by atoms with Crippen molar-refractivity contribution >= 4 is 16.8 Å². The number of benzene rings is 1. The second-order valence-electron chi connectivity index (χ2n) is 4.40. The summed E-state index contributed by atoms with van der Waals surface area (Å²) >= 11 is 0. The number of rotatable bonds is 3. The molecule has 0 aliphatic rings. The van der Waals surface area contributed by atoms with Crippen LogP contribution in [0.2, 0.25) is 0 Å². The van der Waals surface area contributed by atoms with E-state index in [1.165, 1.54) is 0 Å². The molecule has 19 heavy (non-hydrogen) atoms. The summed E-state index contributed by atoms with van der Waals surface area (Å²) in [4.78, 5) is 8.91. The molecule has 0 unspecified atom stereocenters. The van der Waals surface area contributed by atoms with Gasteiger partial charge in [-0.3, -0.25) is 0 Å². The number of nitrogens with zero attached hydrogens (tertiary/aromatic N) is 2. The molecule has 2 heterocycles. The Morgan fingerprint density at radius 1 is 1.16 bits per heavy atom. The van der Waals surface area contributed by atoms with E-state index in [0.29, 0.717) is 11.6 Å². The van der Waals surface area contributed by atoms with Crippen molar-refractivity contribution in [2.75, 3.05) is 11.9 Å². The number of nitrogens with one attached hydrogen (secondary N) is 1. The van der Waals surface area contributed by atoms with Crippen molar-refractivity contribution in [1.82, 2.24) is 9.97 Å². The minimum atomic E-state index is 0.618. The molecule has 0 radical (unpaired) electrons. The maximum atomic E-state index is 5.79. The average molecular weight is 253 g/mol. The van der Waals surface area contributed by atoms with Gasteiger partial charge in [-0.15, -0.1) is 0 Å². The number of anilines is 1. The van der Waals surface area contributed by atoms with Gasteiger partial charge in [-0.2, -0.15) is 0 Å². The lowest BCUT2D eigenvalue weighted by molar-refractivity contribution is 0.625. The van der Waals surface area contributed by atoms with E-state index >= 15 is 0 Å². The third kappa shape index (κ3) is 2.29. The third-order valence-corrected chi connectivity index (χ3v) is 2.86. The highest BCUT2D eigenvalue weighted by atomic mass is 16.3. The summed E-state index contributed by atoms with van der Waals surface area (Å²) in [6, 6.07) is 11.8. The predicted molar refractivity (Wildman–Crippen MR) is 76.1 cm³/mol. The molecule has 2 aromatic heterocycles. The van der Waals surface area contributed by atoms with Crippen LogP contribution in [-0.4, -0.2) is 16.5 Å². The molecule has 1 N–H and O–H groups in total. The standard InChI is InChI=1S/C15H15N3O/c1-3-16-14-8-10(2)17-15(18-14)13-9-11-6-4-5-7-12(11)19-13/h4-9H,3H2,1-2H3,(H,16,17,18). The summed E-state index contributed by atoms with van der Waals surface area (Å²) in [5.41, 5.74) is 1.77. The van der Waals surface area contributed by atoms with Crippen LogP contribution in [0.25, 0.3) is 22.6 Å². The highest BCUT2D eigenvalue weighted by molar-refractivity contribution is 5.81. The quantitative estimate of drug-likeness (QED) is 0.774. The van der Waals surface area contributed by atoms with Crippen LogP contribution in [0.5, 0.6) is 0 Å². The number of fused-ring (bicyclic) bond motifs is 1. The maximum Gasteiger partial charge on any atom is 0.197 e. The molecule has 0 saturated carbocycles. The van der Waals surface area contributed by atoms with Crippen LogP contribution in [0.3, 0.4) is 0 Å². The molecule has 0 bridgehead atoms. The minimum absolute atomic E-state index is 0.618. The Labute approximate surface area is 111 Å². The van der Waals surface area contributed by atoms with Crippen LogP contribution in [0.15, 0.2) is 40.8 Å². The highest BCUT2D eigenvalue weighted by Crippen LogP contribution is 2.26. The zero-order chi connectivity index (χ0) is 13.2. The van der Waals surface area contributed by atoms with Crippen molar-refractivity contribution in [1.29, 1.82) is 0 Å². The zero-order valence-corrected chi connectivity index (χ0v) is 11.0. The van der Waals surface area contributed by atoms with Gasteiger partial charge in [0.2, 0.25) is 0 Å². The van der Waals surface area contributed by atoms with E-state index in [1.807, 2.05) is 50.2 Å². The van der Waals surface area contributed by atoms with Crippen molar-refractivity contribution in [3.8, 4) is 11.6 Å². The Bertz CT molecular complexity index is 685. The topological polar surface area (TPSA) is 51.0 Å². The lowest BCUT2D eigenvalue weighted by Gasteiger charge is -2.04. The average Bonchev–Trinajstić information content (AvgIpc) is 2.82. The SMILES string of the molecule is CCNc1cc(C)nc(-c2cc3ccccc3o2)n1. The molecule has 4 heteroatoms. The lowest BCUT2D eigenvalue weighted by atomic mass is 10.2. The summed E-state index contributed by atoms with van der Waals surface area (Å²) in [7, 11) is 0. The molecule has 4 nitrogen and oxygen atoms in total. The second-order valence-corrected chi connectivity index (χ2v) is 4.40. The van der Waals surface area contributed by atoms with Gasteiger partial charge >= 0.3 is 0 Å². The molecule has 0 fully saturated rings. The van der Waals surface area contributed by atoms with Gasteiger partial charge in [0.15, 0.2) is 11.6 Å². The molecule has 0 atom stereocenters. The molecule has 1 aromatic carbocycles. The van der Waals surface area contributed by atoms with Gasteiger partial charge in [0, 0.05) is 23.7 Å². The highest BCUT2D eigenvalue weighted by Gasteiger charge is 2.10. The van der Waals surface area contributed by atoms with Gasteiger partial charge in [0.1, 0.15) is 11.4 Å². The Morgan fingerprint density at radius 3 is 2.79 bits per heavy atom. The minimum Gasteiger partial charge on any atom is -0.453 e. The molecule has 0 aliphatic carbocycles. The molecular formula is C15H15N3O. The smallest absolute Gasteiger partial charge is 0.197 e. The van der Waals surface area contributed by atoms with E-state index < -0.39 is 0 Å². The van der Waals surface area contributed by atoms with Gasteiger partial charge < -0.3 is 9.73 Å². The van der Waals surface area contributed by atoms with Gasteiger partial charge in [-0.05, 0) is 26.0 Å². The molecular weight excluding hydrogens is 238 g/mol. The van der Waals surface area contributed by atoms with Gasteiger partial charge in [0.05, 0.1) is 0 Å². The van der Waals surface area contributed by atoms with E-state index in [-0.39, 0.29) is 0 Å². The monoisotopic (exact) mass is 253 g/mol. The molecule has 3 aromatic rings. The number of hydrogen-bond donors (Lipinski definition) is 1. The van der Waals surface area contributed by atoms with Crippen molar-refractivity contribution in [3.05, 3.63) is 42.1 Å². The van der Waals surface area contributed by atoms with Crippen LogP contribution in [0.4, 0.5) is 5.82 Å². The molecule has 0 saturated heterocycles. The summed E-state index contributed by atoms with van der Waals surface area (Å²) in [5, 5.41) is 4.26. The zero-order valence-electron chi connectivity index (χ0n) is 11.0. The van der Waals surface area contributed by atoms with E-state index in [0.717, 1.165) is 29.0 Å². The fraction of sp³-hybridized carbons (Fsp3) is 0.200. The van der Waals surface area contributed by atoms with Crippen molar-refractivity contribution in [3.63, 3.8) is 0 Å². The Balaban J connectivity index is 2.09. The van der Waals surface area contributed by atoms with Crippen molar-refractivity contribution < 1.29 is 4.42 Å². The first kappa shape index (κ1) is 11.7. The molecule has 3 rings (SSSR count). The van der Waals surface area contributed by atoms with Crippen LogP contribution >= 0.6 is 0 Å². The molecule has 96 valence electrons. The molecule has 0 aliphatic heterocycles. The van der Waals surface area contributed by atoms with Gasteiger partial charge in [-0.25, -0.2) is 9.97 Å². The summed E-state index contributed by atoms with van der Waals surface area (Å²) in [6.07, 6.45) is 0. The Hall–Kier alpha value is -2.36. The Morgan fingerprint density at radius 2 is 2.00 bits per heavy atom. The van der Waals surface area contributed by atoms with Gasteiger partial charge in [0.25, 0.3) is 0 Å². The summed E-state index contributed by atoms with van der Waals surface area (Å²) in [6.45, 7) is 4.82. The molecule has 0 amide bonds. The maximum absolute atomic E-state index is 5.79. The first-order valence-electron chi connectivity index (χ1n) is 6.35. The largest absolute Gasteiger partial charge is 0.453 e. The van der Waals surface area contributed by atoms with E-state index in [9.17, 15) is 0 Å². The van der Waals surface area contributed by atoms with E-state index in [4.69, 9.17) is 4.42 Å². The van der Waals surface area contributed by atoms with E-state index in [2.05, 4.69) is 15.3 Å². The fourth-order valence-electron chi connectivity index (χ4n) is 2.04. The van der Waals surface area contributed by atoms with Crippen LogP contribution in [0, 0.1) is 6.92 Å². The number of furan rings is 1. The molecule has 0 spiro atoms. The lowest BCUT2D eigenvalue weighted by Crippen LogP contribution is -2.02. The first-order chi connectivity index (χ1) is 9.26. The number of hydrogen-bond acceptors (Lipinski definition) is 4. The van der Waals surface area contributed by atoms with Crippen molar-refractivity contribution in [2.45, 2.75) is 13.8 Å². The van der Waals surface area contributed by atoms with Gasteiger partial charge in [-0.1, -0.05) is 18.2 Å². The normalized spacial score (nSPS) is 10.8. The van der Waals surface area contributed by atoms with Crippen LogP contribution < -0.4 is 5.32 Å². The predicted octanol–water partition coefficient (Wildman–Crippen LogP) is 3.63. The number of aromatic nitrogens is 2. The van der Waals surface area contributed by atoms with Crippen LogP contribution in [0.1, 0.15) is 12.6 Å².